The van der Waals surface area contributed by atoms with E-state index in [9.17, 15) is 9.59 Å². The first-order valence-corrected chi connectivity index (χ1v) is 10.3. The fourth-order valence-corrected chi connectivity index (χ4v) is 5.87. The number of quaternary nitrogens is 1. The van der Waals surface area contributed by atoms with E-state index in [0.717, 1.165) is 30.7 Å². The molecule has 3 atom stereocenters. The Morgan fingerprint density at radius 1 is 1.31 bits per heavy atom. The molecule has 1 unspecified atom stereocenters. The number of aryl methyl sites for hydroxylation is 1. The summed E-state index contributed by atoms with van der Waals surface area (Å²) in [6.07, 6.45) is 6.78. The smallest absolute Gasteiger partial charge is 0.348 e. The van der Waals surface area contributed by atoms with Gasteiger partial charge in [-0.1, -0.05) is 12.8 Å². The van der Waals surface area contributed by atoms with Crippen LogP contribution in [0.4, 0.5) is 0 Å². The van der Waals surface area contributed by atoms with Crippen molar-refractivity contribution in [2.75, 3.05) is 20.2 Å². The minimum absolute atomic E-state index is 0.152. The summed E-state index contributed by atoms with van der Waals surface area (Å²) in [5, 5.41) is 0.514. The summed E-state index contributed by atoms with van der Waals surface area (Å²) in [6, 6.07) is 0. The van der Waals surface area contributed by atoms with Gasteiger partial charge in [0.1, 0.15) is 16.3 Å². The van der Waals surface area contributed by atoms with E-state index in [2.05, 4.69) is 9.97 Å². The molecule has 6 nitrogen and oxygen atoms in total. The lowest BCUT2D eigenvalue weighted by molar-refractivity contribution is -0.924. The number of hydrogen-bond acceptors (Lipinski definition) is 5. The van der Waals surface area contributed by atoms with E-state index >= 15 is 0 Å². The molecule has 140 valence electrons. The average Bonchev–Trinajstić information content (AvgIpc) is 2.98. The van der Waals surface area contributed by atoms with Crippen LogP contribution in [0, 0.1) is 18.8 Å². The molecule has 2 aromatic heterocycles. The molecule has 1 aliphatic carbocycles. The largest absolute Gasteiger partial charge is 0.465 e. The van der Waals surface area contributed by atoms with E-state index in [1.807, 2.05) is 0 Å². The number of methoxy groups -OCH3 is 1. The third-order valence-corrected chi connectivity index (χ3v) is 7.29. The number of fused-ring (bicyclic) bond motifs is 2. The monoisotopic (exact) mass is 376 g/mol. The molecular weight excluding hydrogens is 350 g/mol. The number of nitrogens with one attached hydrogen (secondary N) is 2. The zero-order valence-electron chi connectivity index (χ0n) is 15.4. The molecule has 2 aliphatic rings. The van der Waals surface area contributed by atoms with Gasteiger partial charge in [0.05, 0.1) is 25.6 Å². The van der Waals surface area contributed by atoms with Gasteiger partial charge in [-0.15, -0.1) is 11.3 Å². The Balaban J connectivity index is 1.57. The molecule has 0 radical (unpaired) electrons. The van der Waals surface area contributed by atoms with Crippen LogP contribution in [0.25, 0.3) is 10.2 Å². The SMILES string of the molecule is COC(=O)c1sc2nc(C[NH+]3CC[C@H]4CCCC[C@@H]4C3)[nH]c(=O)c2c1C. The van der Waals surface area contributed by atoms with Crippen molar-refractivity contribution in [1.29, 1.82) is 0 Å². The summed E-state index contributed by atoms with van der Waals surface area (Å²) in [5.41, 5.74) is 0.508. The lowest BCUT2D eigenvalue weighted by Crippen LogP contribution is -3.12. The number of carbonyl (C=O) groups excluding carboxylic acids is 1. The molecule has 0 amide bonds. The minimum atomic E-state index is -0.406. The van der Waals surface area contributed by atoms with Gasteiger partial charge >= 0.3 is 5.97 Å². The molecule has 2 N–H and O–H groups in total. The second-order valence-electron chi connectivity index (χ2n) is 7.71. The Morgan fingerprint density at radius 3 is 2.85 bits per heavy atom. The van der Waals surface area contributed by atoms with Crippen molar-refractivity contribution in [3.8, 4) is 0 Å². The number of aromatic nitrogens is 2. The van der Waals surface area contributed by atoms with Gasteiger partial charge in [-0.05, 0) is 37.7 Å². The van der Waals surface area contributed by atoms with Crippen molar-refractivity contribution in [2.24, 2.45) is 11.8 Å². The highest BCUT2D eigenvalue weighted by Crippen LogP contribution is 2.32. The van der Waals surface area contributed by atoms with Crippen molar-refractivity contribution < 1.29 is 14.4 Å². The Morgan fingerprint density at radius 2 is 2.08 bits per heavy atom. The number of esters is 1. The first kappa shape index (κ1) is 17.7. The molecule has 0 spiro atoms. The zero-order chi connectivity index (χ0) is 18.3. The van der Waals surface area contributed by atoms with Gasteiger partial charge in [0.2, 0.25) is 0 Å². The lowest BCUT2D eigenvalue weighted by atomic mass is 9.75. The quantitative estimate of drug-likeness (QED) is 0.799. The molecule has 0 bridgehead atoms. The second kappa shape index (κ2) is 7.12. The Labute approximate surface area is 156 Å². The fourth-order valence-electron chi connectivity index (χ4n) is 4.75. The fraction of sp³-hybridized carbons (Fsp3) is 0.632. The highest BCUT2D eigenvalue weighted by Gasteiger charge is 2.34. The normalized spacial score (nSPS) is 25.8. The molecule has 1 aliphatic heterocycles. The van der Waals surface area contributed by atoms with Crippen molar-refractivity contribution in [3.63, 3.8) is 0 Å². The molecule has 0 aromatic carbocycles. The van der Waals surface area contributed by atoms with Crippen molar-refractivity contribution in [3.05, 3.63) is 26.6 Å². The second-order valence-corrected chi connectivity index (χ2v) is 8.71. The number of nitrogens with zero attached hydrogens (tertiary/aromatic N) is 1. The summed E-state index contributed by atoms with van der Waals surface area (Å²) in [5.74, 6) is 2.06. The van der Waals surface area contributed by atoms with Gasteiger partial charge in [0.15, 0.2) is 5.82 Å². The highest BCUT2D eigenvalue weighted by molar-refractivity contribution is 7.20. The summed E-state index contributed by atoms with van der Waals surface area (Å²) >= 11 is 1.25. The van der Waals surface area contributed by atoms with Crippen LogP contribution in [0.5, 0.6) is 0 Å². The first-order valence-electron chi connectivity index (χ1n) is 9.51. The van der Waals surface area contributed by atoms with E-state index in [1.54, 1.807) is 6.92 Å². The predicted molar refractivity (Wildman–Crippen MR) is 101 cm³/mol. The number of aromatic amines is 1. The third kappa shape index (κ3) is 3.18. The average molecular weight is 377 g/mol. The van der Waals surface area contributed by atoms with E-state index in [-0.39, 0.29) is 5.56 Å². The van der Waals surface area contributed by atoms with Crippen LogP contribution in [0.2, 0.25) is 0 Å². The molecule has 1 saturated carbocycles. The molecule has 4 rings (SSSR count). The van der Waals surface area contributed by atoms with Crippen LogP contribution in [0.3, 0.4) is 0 Å². The van der Waals surface area contributed by atoms with E-state index in [0.29, 0.717) is 20.7 Å². The number of rotatable bonds is 3. The van der Waals surface area contributed by atoms with Crippen LogP contribution in [-0.4, -0.2) is 36.1 Å². The minimum Gasteiger partial charge on any atom is -0.465 e. The number of H-pyrrole nitrogens is 1. The highest BCUT2D eigenvalue weighted by atomic mass is 32.1. The van der Waals surface area contributed by atoms with Crippen molar-refractivity contribution in [2.45, 2.75) is 45.6 Å². The van der Waals surface area contributed by atoms with Gasteiger partial charge in [-0.25, -0.2) is 9.78 Å². The van der Waals surface area contributed by atoms with Gasteiger partial charge in [0, 0.05) is 5.92 Å². The predicted octanol–water partition coefficient (Wildman–Crippen LogP) is 1.67. The van der Waals surface area contributed by atoms with Gasteiger partial charge in [-0.3, -0.25) is 4.79 Å². The molecule has 2 aromatic rings. The van der Waals surface area contributed by atoms with Crippen LogP contribution in [0.1, 0.15) is 53.2 Å². The van der Waals surface area contributed by atoms with E-state index in [1.165, 1.54) is 62.0 Å². The van der Waals surface area contributed by atoms with Crippen LogP contribution >= 0.6 is 11.3 Å². The molecule has 2 fully saturated rings. The number of piperidine rings is 1. The van der Waals surface area contributed by atoms with Crippen molar-refractivity contribution in [1.82, 2.24) is 9.97 Å². The maximum Gasteiger partial charge on any atom is 0.348 e. The van der Waals surface area contributed by atoms with Crippen LogP contribution in [0.15, 0.2) is 4.79 Å². The number of hydrogen-bond donors (Lipinski definition) is 2. The van der Waals surface area contributed by atoms with Gasteiger partial charge in [0.25, 0.3) is 5.56 Å². The molecule has 26 heavy (non-hydrogen) atoms. The van der Waals surface area contributed by atoms with Gasteiger partial charge in [-0.2, -0.15) is 0 Å². The van der Waals surface area contributed by atoms with E-state index < -0.39 is 5.97 Å². The van der Waals surface area contributed by atoms with Crippen LogP contribution in [-0.2, 0) is 11.3 Å². The number of carbonyl (C=O) groups is 1. The number of likely N-dealkylation sites (tertiary alicyclic amines) is 1. The van der Waals surface area contributed by atoms with Gasteiger partial charge < -0.3 is 14.6 Å². The Hall–Kier alpha value is -1.73. The topological polar surface area (TPSA) is 76.5 Å². The Bertz CT molecular complexity index is 888. The zero-order valence-corrected chi connectivity index (χ0v) is 16.2. The Kier molecular flexibility index (Phi) is 4.84. The van der Waals surface area contributed by atoms with Crippen LogP contribution < -0.4 is 10.5 Å². The summed E-state index contributed by atoms with van der Waals surface area (Å²) in [7, 11) is 1.35. The summed E-state index contributed by atoms with van der Waals surface area (Å²) < 4.78 is 4.82. The molecule has 7 heteroatoms. The summed E-state index contributed by atoms with van der Waals surface area (Å²) in [4.78, 5) is 34.7. The standard InChI is InChI=1S/C19H25N3O3S/c1-11-15-17(23)20-14(21-18(15)26-16(11)19(24)25-2)10-22-8-7-12-5-3-4-6-13(12)9-22/h12-13H,3-10H2,1-2H3,(H,20,21,23)/p+1/t12-,13-/m1/s1. The third-order valence-electron chi connectivity index (χ3n) is 6.12. The molecule has 3 heterocycles. The molecule has 1 saturated heterocycles. The summed E-state index contributed by atoms with van der Waals surface area (Å²) in [6.45, 7) is 4.86. The molecular formula is C19H26N3O3S+. The number of thiophene rings is 1. The lowest BCUT2D eigenvalue weighted by Gasteiger charge is -2.38. The number of ether oxygens (including phenoxy) is 1. The maximum atomic E-state index is 12.6. The van der Waals surface area contributed by atoms with Crippen molar-refractivity contribution >= 4 is 27.5 Å². The maximum absolute atomic E-state index is 12.6. The van der Waals surface area contributed by atoms with E-state index in [4.69, 9.17) is 4.74 Å². The first-order chi connectivity index (χ1) is 12.6.